The van der Waals surface area contributed by atoms with Gasteiger partial charge in [-0.25, -0.2) is 0 Å². The van der Waals surface area contributed by atoms with Crippen LogP contribution >= 0.6 is 0 Å². The summed E-state index contributed by atoms with van der Waals surface area (Å²) >= 11 is 0. The molecule has 5 heteroatoms. The van der Waals surface area contributed by atoms with E-state index in [1.165, 1.54) is 5.56 Å². The topological polar surface area (TPSA) is 59.0 Å². The summed E-state index contributed by atoms with van der Waals surface area (Å²) < 4.78 is 11.0. The Morgan fingerprint density at radius 2 is 1.96 bits per heavy atom. The van der Waals surface area contributed by atoms with Crippen LogP contribution in [0.5, 0.6) is 5.75 Å². The van der Waals surface area contributed by atoms with Crippen LogP contribution in [0.4, 0.5) is 0 Å². The van der Waals surface area contributed by atoms with Crippen LogP contribution in [-0.2, 0) is 9.53 Å². The monoisotopic (exact) mass is 363 g/mol. The number of benzene rings is 1. The minimum atomic E-state index is -0.542. The predicted molar refractivity (Wildman–Crippen MR) is 102 cm³/mol. The van der Waals surface area contributed by atoms with Crippen LogP contribution in [0.2, 0.25) is 0 Å². The Balaban J connectivity index is 1.77. The molecule has 1 aliphatic heterocycles. The third-order valence-corrected chi connectivity index (χ3v) is 5.17. The van der Waals surface area contributed by atoms with E-state index in [2.05, 4.69) is 24.8 Å². The van der Waals surface area contributed by atoms with Gasteiger partial charge in [0.2, 0.25) is 0 Å². The van der Waals surface area contributed by atoms with Gasteiger partial charge in [0.25, 0.3) is 0 Å². The van der Waals surface area contributed by atoms with Crippen LogP contribution in [0.15, 0.2) is 24.3 Å². The number of ether oxygens (including phenoxy) is 2. The quantitative estimate of drug-likeness (QED) is 0.683. The zero-order valence-corrected chi connectivity index (χ0v) is 16.3. The van der Waals surface area contributed by atoms with Crippen molar-refractivity contribution < 1.29 is 19.4 Å². The lowest BCUT2D eigenvalue weighted by molar-refractivity contribution is -0.149. The zero-order chi connectivity index (χ0) is 18.9. The minimum Gasteiger partial charge on any atom is -0.491 e. The van der Waals surface area contributed by atoms with E-state index in [0.29, 0.717) is 19.1 Å². The van der Waals surface area contributed by atoms with E-state index in [0.717, 1.165) is 38.1 Å². The smallest absolute Gasteiger partial charge is 0.309 e. The van der Waals surface area contributed by atoms with E-state index in [4.69, 9.17) is 9.47 Å². The van der Waals surface area contributed by atoms with Gasteiger partial charge in [0.05, 0.1) is 12.5 Å². The Morgan fingerprint density at radius 3 is 2.62 bits per heavy atom. The number of hydrogen-bond donors (Lipinski definition) is 1. The van der Waals surface area contributed by atoms with Gasteiger partial charge in [-0.1, -0.05) is 32.0 Å². The SMILES string of the molecule is CCOC(=O)C1CCN(C[C@@H](O)COc2ccccc2[C@H](C)CC)CC1. The van der Waals surface area contributed by atoms with Crippen molar-refractivity contribution in [2.45, 2.75) is 52.1 Å². The molecule has 1 aromatic carbocycles. The average Bonchev–Trinajstić information content (AvgIpc) is 2.66. The molecule has 1 heterocycles. The summed E-state index contributed by atoms with van der Waals surface area (Å²) in [5.74, 6) is 1.21. The van der Waals surface area contributed by atoms with E-state index in [9.17, 15) is 9.90 Å². The van der Waals surface area contributed by atoms with Gasteiger partial charge in [0, 0.05) is 6.54 Å². The number of para-hydroxylation sites is 1. The van der Waals surface area contributed by atoms with Crippen molar-refractivity contribution in [2.75, 3.05) is 32.8 Å². The first-order chi connectivity index (χ1) is 12.5. The Kier molecular flexibility index (Phi) is 8.39. The molecule has 1 N–H and O–H groups in total. The summed E-state index contributed by atoms with van der Waals surface area (Å²) in [4.78, 5) is 14.0. The Labute approximate surface area is 157 Å². The molecule has 0 radical (unpaired) electrons. The van der Waals surface area contributed by atoms with E-state index in [1.807, 2.05) is 25.1 Å². The maximum absolute atomic E-state index is 11.8. The van der Waals surface area contributed by atoms with Crippen LogP contribution in [0.3, 0.4) is 0 Å². The second kappa shape index (κ2) is 10.5. The van der Waals surface area contributed by atoms with Crippen molar-refractivity contribution in [2.24, 2.45) is 5.92 Å². The van der Waals surface area contributed by atoms with E-state index in [1.54, 1.807) is 0 Å². The van der Waals surface area contributed by atoms with Crippen molar-refractivity contribution >= 4 is 5.97 Å². The van der Waals surface area contributed by atoms with Crippen LogP contribution in [-0.4, -0.2) is 54.9 Å². The number of carbonyl (C=O) groups is 1. The molecule has 0 aliphatic carbocycles. The second-order valence-electron chi connectivity index (χ2n) is 7.14. The molecule has 0 bridgehead atoms. The highest BCUT2D eigenvalue weighted by molar-refractivity contribution is 5.72. The maximum Gasteiger partial charge on any atom is 0.309 e. The summed E-state index contributed by atoms with van der Waals surface area (Å²) in [5, 5.41) is 10.4. The molecule has 2 atom stereocenters. The Morgan fingerprint density at radius 1 is 1.27 bits per heavy atom. The Hall–Kier alpha value is -1.59. The number of likely N-dealkylation sites (tertiary alicyclic amines) is 1. The molecule has 0 amide bonds. The van der Waals surface area contributed by atoms with Crippen molar-refractivity contribution in [3.63, 3.8) is 0 Å². The average molecular weight is 363 g/mol. The number of rotatable bonds is 9. The van der Waals surface area contributed by atoms with E-state index in [-0.39, 0.29) is 18.5 Å². The van der Waals surface area contributed by atoms with Crippen LogP contribution < -0.4 is 4.74 Å². The number of esters is 1. The molecule has 1 fully saturated rings. The molecule has 5 nitrogen and oxygen atoms in total. The number of piperidine rings is 1. The fourth-order valence-corrected chi connectivity index (χ4v) is 3.39. The van der Waals surface area contributed by atoms with Gasteiger partial charge in [-0.05, 0) is 56.8 Å². The fourth-order valence-electron chi connectivity index (χ4n) is 3.39. The molecule has 0 spiro atoms. The molecular formula is C21H33NO4. The molecule has 26 heavy (non-hydrogen) atoms. The lowest BCUT2D eigenvalue weighted by atomic mass is 9.97. The first kappa shape index (κ1) is 20.7. The van der Waals surface area contributed by atoms with Crippen LogP contribution in [0, 0.1) is 5.92 Å². The van der Waals surface area contributed by atoms with E-state index >= 15 is 0 Å². The third-order valence-electron chi connectivity index (χ3n) is 5.17. The number of carbonyl (C=O) groups excluding carboxylic acids is 1. The lowest BCUT2D eigenvalue weighted by Crippen LogP contribution is -2.42. The molecule has 0 saturated carbocycles. The minimum absolute atomic E-state index is 0.00185. The van der Waals surface area contributed by atoms with Gasteiger partial charge in [-0.3, -0.25) is 4.79 Å². The normalized spacial score (nSPS) is 18.3. The highest BCUT2D eigenvalue weighted by Crippen LogP contribution is 2.28. The lowest BCUT2D eigenvalue weighted by Gasteiger charge is -2.32. The summed E-state index contributed by atoms with van der Waals surface area (Å²) in [5.41, 5.74) is 1.19. The number of nitrogens with zero attached hydrogens (tertiary/aromatic N) is 1. The molecular weight excluding hydrogens is 330 g/mol. The highest BCUT2D eigenvalue weighted by atomic mass is 16.5. The molecule has 0 unspecified atom stereocenters. The fraction of sp³-hybridized carbons (Fsp3) is 0.667. The molecule has 1 saturated heterocycles. The van der Waals surface area contributed by atoms with Gasteiger partial charge in [-0.2, -0.15) is 0 Å². The second-order valence-corrected chi connectivity index (χ2v) is 7.14. The van der Waals surface area contributed by atoms with Crippen LogP contribution in [0.1, 0.15) is 51.5 Å². The maximum atomic E-state index is 11.8. The molecule has 146 valence electrons. The molecule has 1 aromatic rings. The van der Waals surface area contributed by atoms with Gasteiger partial charge in [0.15, 0.2) is 0 Å². The number of β-amino-alcohol motifs (C(OH)–C–C–N with tert-alkyl or cyclic N) is 1. The van der Waals surface area contributed by atoms with Crippen molar-refractivity contribution in [3.8, 4) is 5.75 Å². The van der Waals surface area contributed by atoms with Crippen molar-refractivity contribution in [3.05, 3.63) is 29.8 Å². The zero-order valence-electron chi connectivity index (χ0n) is 16.3. The largest absolute Gasteiger partial charge is 0.491 e. The van der Waals surface area contributed by atoms with Crippen molar-refractivity contribution in [1.29, 1.82) is 0 Å². The summed E-state index contributed by atoms with van der Waals surface area (Å²) in [7, 11) is 0. The molecule has 1 aliphatic rings. The first-order valence-electron chi connectivity index (χ1n) is 9.83. The highest BCUT2D eigenvalue weighted by Gasteiger charge is 2.27. The van der Waals surface area contributed by atoms with Crippen molar-refractivity contribution in [1.82, 2.24) is 4.90 Å². The van der Waals surface area contributed by atoms with Gasteiger partial charge in [0.1, 0.15) is 18.5 Å². The summed E-state index contributed by atoms with van der Waals surface area (Å²) in [6.45, 7) is 9.10. The third kappa shape index (κ3) is 5.99. The van der Waals surface area contributed by atoms with Gasteiger partial charge < -0.3 is 19.5 Å². The summed E-state index contributed by atoms with van der Waals surface area (Å²) in [6, 6.07) is 8.06. The predicted octanol–water partition coefficient (Wildman–Crippen LogP) is 3.21. The van der Waals surface area contributed by atoms with Gasteiger partial charge >= 0.3 is 5.97 Å². The number of hydrogen-bond acceptors (Lipinski definition) is 5. The summed E-state index contributed by atoms with van der Waals surface area (Å²) in [6.07, 6.45) is 2.10. The standard InChI is InChI=1S/C21H33NO4/c1-4-16(3)19-8-6-7-9-20(19)26-15-18(23)14-22-12-10-17(11-13-22)21(24)25-5-2/h6-9,16-18,23H,4-5,10-15H2,1-3H3/t16-,18-/m1/s1. The molecule has 2 rings (SSSR count). The van der Waals surface area contributed by atoms with E-state index < -0.39 is 6.10 Å². The number of aliphatic hydroxyl groups is 1. The Bertz CT molecular complexity index is 555. The first-order valence-corrected chi connectivity index (χ1v) is 9.83. The van der Waals surface area contributed by atoms with Crippen LogP contribution in [0.25, 0.3) is 0 Å². The molecule has 0 aromatic heterocycles. The number of aliphatic hydroxyl groups excluding tert-OH is 1. The van der Waals surface area contributed by atoms with Gasteiger partial charge in [-0.15, -0.1) is 0 Å².